The second-order valence-corrected chi connectivity index (χ2v) is 6.61. The molecule has 0 saturated carbocycles. The van der Waals surface area contributed by atoms with Crippen LogP contribution >= 0.6 is 0 Å². The van der Waals surface area contributed by atoms with Crippen molar-refractivity contribution in [2.75, 3.05) is 5.32 Å². The van der Waals surface area contributed by atoms with Gasteiger partial charge in [0.1, 0.15) is 23.5 Å². The Hall–Kier alpha value is -2.74. The molecule has 122 valence electrons. The highest BCUT2D eigenvalue weighted by atomic mass is 16.5. The maximum atomic E-state index is 12.5. The molecule has 3 aliphatic rings. The molecule has 0 bridgehead atoms. The van der Waals surface area contributed by atoms with E-state index in [-0.39, 0.29) is 5.78 Å². The number of para-hydroxylation sites is 2. The topological polar surface area (TPSA) is 88.1 Å². The van der Waals surface area contributed by atoms with Crippen LogP contribution in [0.4, 0.5) is 5.69 Å². The predicted molar refractivity (Wildman–Crippen MR) is 89.9 cm³/mol. The molecule has 0 aromatic heterocycles. The van der Waals surface area contributed by atoms with Crippen molar-refractivity contribution in [2.24, 2.45) is 11.7 Å². The number of carbonyl (C=O) groups excluding carboxylic acids is 1. The molecule has 0 saturated heterocycles. The lowest BCUT2D eigenvalue weighted by Crippen LogP contribution is -2.56. The van der Waals surface area contributed by atoms with Crippen molar-refractivity contribution in [2.45, 2.75) is 38.3 Å². The number of Topliss-reactive ketones (excluding diaryl/α,β-unsaturated/α-hetero) is 1. The number of nitriles is 1. The molecule has 24 heavy (non-hydrogen) atoms. The van der Waals surface area contributed by atoms with Crippen LogP contribution < -0.4 is 15.8 Å². The third-order valence-electron chi connectivity index (χ3n) is 5.22. The van der Waals surface area contributed by atoms with Gasteiger partial charge in [-0.25, -0.2) is 0 Å². The van der Waals surface area contributed by atoms with Crippen LogP contribution in [0.2, 0.25) is 0 Å². The number of fused-ring (bicyclic) bond motifs is 2. The van der Waals surface area contributed by atoms with Crippen LogP contribution in [0.25, 0.3) is 0 Å². The van der Waals surface area contributed by atoms with Crippen molar-refractivity contribution in [1.29, 1.82) is 5.26 Å². The lowest BCUT2D eigenvalue weighted by Gasteiger charge is -2.44. The number of nitrogens with one attached hydrogen (secondary N) is 1. The summed E-state index contributed by atoms with van der Waals surface area (Å²) in [4.78, 5) is 12.5. The highest BCUT2D eigenvalue weighted by molar-refractivity contribution is 5.87. The van der Waals surface area contributed by atoms with Crippen molar-refractivity contribution < 1.29 is 9.53 Å². The van der Waals surface area contributed by atoms with Crippen LogP contribution in [0.5, 0.6) is 5.75 Å². The van der Waals surface area contributed by atoms with E-state index < -0.39 is 11.6 Å². The molecule has 1 spiro atoms. The lowest BCUT2D eigenvalue weighted by atomic mass is 9.69. The molecule has 0 radical (unpaired) electrons. The van der Waals surface area contributed by atoms with Crippen molar-refractivity contribution in [3.05, 3.63) is 46.7 Å². The summed E-state index contributed by atoms with van der Waals surface area (Å²) in [5.41, 5.74) is 8.94. The van der Waals surface area contributed by atoms with Crippen LogP contribution in [0.3, 0.4) is 0 Å². The van der Waals surface area contributed by atoms with Crippen molar-refractivity contribution in [3.63, 3.8) is 0 Å². The third kappa shape index (κ3) is 1.83. The van der Waals surface area contributed by atoms with Gasteiger partial charge in [-0.2, -0.15) is 5.26 Å². The van der Waals surface area contributed by atoms with Crippen molar-refractivity contribution in [3.8, 4) is 11.8 Å². The second-order valence-electron chi connectivity index (χ2n) is 6.61. The van der Waals surface area contributed by atoms with E-state index in [1.807, 2.05) is 24.3 Å². The van der Waals surface area contributed by atoms with Gasteiger partial charge in [0, 0.05) is 5.70 Å². The number of allylic oxidation sites excluding steroid dienone is 2. The molecule has 2 unspecified atom stereocenters. The fourth-order valence-corrected chi connectivity index (χ4v) is 4.27. The Morgan fingerprint density at radius 1 is 1.38 bits per heavy atom. The first-order valence-corrected chi connectivity index (χ1v) is 8.28. The fourth-order valence-electron chi connectivity index (χ4n) is 4.27. The molecule has 4 rings (SSSR count). The summed E-state index contributed by atoms with van der Waals surface area (Å²) in [6.45, 7) is 1.51. The lowest BCUT2D eigenvalue weighted by molar-refractivity contribution is -0.123. The number of ketones is 1. The Morgan fingerprint density at radius 2 is 2.12 bits per heavy atom. The molecule has 0 amide bonds. The van der Waals surface area contributed by atoms with Crippen LogP contribution in [0, 0.1) is 17.2 Å². The first kappa shape index (κ1) is 14.8. The third-order valence-corrected chi connectivity index (χ3v) is 5.22. The molecule has 1 heterocycles. The molecule has 1 aromatic rings. The molecule has 1 aliphatic heterocycles. The Balaban J connectivity index is 1.95. The molecular formula is C19H19N3O2. The number of ether oxygens (including phenoxy) is 1. The minimum atomic E-state index is -0.990. The van der Waals surface area contributed by atoms with Gasteiger partial charge in [0.25, 0.3) is 0 Å². The van der Waals surface area contributed by atoms with Gasteiger partial charge in [-0.05, 0) is 55.9 Å². The quantitative estimate of drug-likeness (QED) is 0.830. The largest absolute Gasteiger partial charge is 0.461 e. The van der Waals surface area contributed by atoms with Gasteiger partial charge in [-0.1, -0.05) is 12.1 Å². The van der Waals surface area contributed by atoms with E-state index in [2.05, 4.69) is 11.4 Å². The van der Waals surface area contributed by atoms with Gasteiger partial charge in [0.15, 0.2) is 0 Å². The maximum absolute atomic E-state index is 12.5. The number of nitrogens with two attached hydrogens (primary N) is 1. The highest BCUT2D eigenvalue weighted by Crippen LogP contribution is 2.52. The summed E-state index contributed by atoms with van der Waals surface area (Å²) in [5.74, 6) is -0.0801. The minimum absolute atomic E-state index is 0.0994. The van der Waals surface area contributed by atoms with Gasteiger partial charge in [-0.3, -0.25) is 4.79 Å². The molecule has 2 aliphatic carbocycles. The van der Waals surface area contributed by atoms with E-state index in [0.29, 0.717) is 11.3 Å². The van der Waals surface area contributed by atoms with E-state index >= 15 is 0 Å². The Morgan fingerprint density at radius 3 is 2.83 bits per heavy atom. The van der Waals surface area contributed by atoms with Gasteiger partial charge < -0.3 is 15.8 Å². The normalized spacial score (nSPS) is 27.9. The predicted octanol–water partition coefficient (Wildman–Crippen LogP) is 3.01. The molecule has 0 fully saturated rings. The summed E-state index contributed by atoms with van der Waals surface area (Å²) < 4.78 is 6.33. The Labute approximate surface area is 140 Å². The summed E-state index contributed by atoms with van der Waals surface area (Å²) >= 11 is 0. The summed E-state index contributed by atoms with van der Waals surface area (Å²) in [6, 6.07) is 9.88. The first-order chi connectivity index (χ1) is 11.6. The second kappa shape index (κ2) is 5.13. The van der Waals surface area contributed by atoms with Crippen LogP contribution in [-0.4, -0.2) is 11.5 Å². The molecule has 3 N–H and O–H groups in total. The van der Waals surface area contributed by atoms with Crippen molar-refractivity contribution >= 4 is 11.5 Å². The number of carbonyl (C=O) groups is 1. The molecule has 2 atom stereocenters. The van der Waals surface area contributed by atoms with Gasteiger partial charge in [0.2, 0.25) is 5.72 Å². The SMILES string of the molecule is CC(=O)C1C(N)=C(C#N)C2=C(CCCC2)C12Nc1ccccc1O2. The summed E-state index contributed by atoms with van der Waals surface area (Å²) in [5, 5.41) is 13.0. The van der Waals surface area contributed by atoms with Crippen LogP contribution in [0.1, 0.15) is 32.6 Å². The standard InChI is InChI=1S/C19H19N3O2/c1-11(23)17-18(21)13(10-20)12-6-2-3-7-14(12)19(17)22-15-8-4-5-9-16(15)24-19/h4-5,8-9,17,22H,2-3,6-7,21H2,1H3. The number of anilines is 1. The van der Waals surface area contributed by atoms with E-state index in [1.54, 1.807) is 0 Å². The summed E-state index contributed by atoms with van der Waals surface area (Å²) in [7, 11) is 0. The monoisotopic (exact) mass is 321 g/mol. The minimum Gasteiger partial charge on any atom is -0.461 e. The van der Waals surface area contributed by atoms with Crippen molar-refractivity contribution in [1.82, 2.24) is 0 Å². The molecule has 5 nitrogen and oxygen atoms in total. The highest BCUT2D eigenvalue weighted by Gasteiger charge is 2.56. The smallest absolute Gasteiger partial charge is 0.219 e. The van der Waals surface area contributed by atoms with Gasteiger partial charge >= 0.3 is 0 Å². The first-order valence-electron chi connectivity index (χ1n) is 8.28. The summed E-state index contributed by atoms with van der Waals surface area (Å²) in [6.07, 6.45) is 3.64. The number of hydrogen-bond donors (Lipinski definition) is 2. The zero-order valence-corrected chi connectivity index (χ0v) is 13.6. The average Bonchev–Trinajstić information content (AvgIpc) is 2.94. The van der Waals surface area contributed by atoms with E-state index in [9.17, 15) is 10.1 Å². The van der Waals surface area contributed by atoms with E-state index in [1.165, 1.54) is 6.92 Å². The zero-order valence-electron chi connectivity index (χ0n) is 13.6. The van der Waals surface area contributed by atoms with Crippen LogP contribution in [0.15, 0.2) is 46.7 Å². The average molecular weight is 321 g/mol. The number of hydrogen-bond acceptors (Lipinski definition) is 5. The number of rotatable bonds is 1. The molecule has 5 heteroatoms. The maximum Gasteiger partial charge on any atom is 0.219 e. The Bertz CT molecular complexity index is 819. The van der Waals surface area contributed by atoms with Crippen LogP contribution in [-0.2, 0) is 4.79 Å². The molecule has 1 aromatic carbocycles. The fraction of sp³-hybridized carbons (Fsp3) is 0.368. The number of benzene rings is 1. The Kier molecular flexibility index (Phi) is 3.17. The van der Waals surface area contributed by atoms with E-state index in [0.717, 1.165) is 48.3 Å². The zero-order chi connectivity index (χ0) is 16.9. The van der Waals surface area contributed by atoms with Gasteiger partial charge in [0.05, 0.1) is 11.3 Å². The number of nitrogens with zero attached hydrogens (tertiary/aromatic N) is 1. The molecular weight excluding hydrogens is 302 g/mol. The van der Waals surface area contributed by atoms with Gasteiger partial charge in [-0.15, -0.1) is 0 Å². The van der Waals surface area contributed by atoms with E-state index in [4.69, 9.17) is 10.5 Å².